The smallest absolute Gasteiger partial charge is 0.308 e. The highest BCUT2D eigenvalue weighted by Crippen LogP contribution is 2.59. The summed E-state index contributed by atoms with van der Waals surface area (Å²) in [6, 6.07) is 4.22. The van der Waals surface area contributed by atoms with Gasteiger partial charge in [0.25, 0.3) is 0 Å². The van der Waals surface area contributed by atoms with Gasteiger partial charge in [0.2, 0.25) is 0 Å². The van der Waals surface area contributed by atoms with Crippen LogP contribution in [-0.2, 0) is 4.79 Å². The monoisotopic (exact) mass is 470 g/mol. The molecule has 3 aliphatic rings. The molecule has 0 amide bonds. The Kier molecular flexibility index (Phi) is 8.96. The van der Waals surface area contributed by atoms with Gasteiger partial charge in [-0.2, -0.15) is 0 Å². The number of unbranched alkanes of at least 4 members (excludes halogenated alkanes) is 5. The fourth-order valence-electron chi connectivity index (χ4n) is 7.21. The molecule has 4 heteroatoms. The Morgan fingerprint density at radius 1 is 1.00 bits per heavy atom. The lowest BCUT2D eigenvalue weighted by atomic mass is 9.55. The second-order valence-corrected chi connectivity index (χ2v) is 11.3. The van der Waals surface area contributed by atoms with Crippen molar-refractivity contribution in [3.63, 3.8) is 0 Å². The van der Waals surface area contributed by atoms with Crippen molar-refractivity contribution < 1.29 is 19.4 Å². The van der Waals surface area contributed by atoms with Crippen LogP contribution in [0.2, 0.25) is 0 Å². The molecule has 4 rings (SSSR count). The molecule has 0 aromatic heterocycles. The zero-order valence-electron chi connectivity index (χ0n) is 21.7. The summed E-state index contributed by atoms with van der Waals surface area (Å²) in [4.78, 5) is 12.1. The predicted octanol–water partition coefficient (Wildman–Crippen LogP) is 7.66. The van der Waals surface area contributed by atoms with E-state index in [1.807, 2.05) is 6.07 Å². The maximum atomic E-state index is 12.1. The molecular weight excluding hydrogens is 424 g/mol. The van der Waals surface area contributed by atoms with Crippen LogP contribution in [0.4, 0.5) is 0 Å². The summed E-state index contributed by atoms with van der Waals surface area (Å²) in [5, 5.41) is 10.5. The number of ether oxygens (including phenoxy) is 2. The summed E-state index contributed by atoms with van der Waals surface area (Å²) in [5.74, 6) is 3.31. The molecule has 1 aromatic carbocycles. The highest BCUT2D eigenvalue weighted by atomic mass is 16.5. The van der Waals surface area contributed by atoms with Crippen LogP contribution in [0.15, 0.2) is 12.1 Å². The third-order valence-corrected chi connectivity index (χ3v) is 8.72. The van der Waals surface area contributed by atoms with E-state index < -0.39 is 0 Å². The molecule has 2 fully saturated rings. The summed E-state index contributed by atoms with van der Waals surface area (Å²) in [6.07, 6.45) is 16.5. The van der Waals surface area contributed by atoms with Crippen LogP contribution in [0, 0.1) is 11.8 Å². The summed E-state index contributed by atoms with van der Waals surface area (Å²) in [7, 11) is 0. The van der Waals surface area contributed by atoms with Gasteiger partial charge in [-0.3, -0.25) is 4.79 Å². The number of carbonyl (C=O) groups excluding carboxylic acids is 1. The van der Waals surface area contributed by atoms with Crippen molar-refractivity contribution >= 4 is 5.97 Å². The SMILES string of the molecule is CCCCCCCCC(C)Oc1cc(OC(C)=O)c2c(c1)C1CCCCC1C1CCC(O)CC21. The number of hydrogen-bond acceptors (Lipinski definition) is 4. The quantitative estimate of drug-likeness (QED) is 0.217. The van der Waals surface area contributed by atoms with Gasteiger partial charge >= 0.3 is 5.97 Å². The minimum Gasteiger partial charge on any atom is -0.491 e. The minimum absolute atomic E-state index is 0.143. The van der Waals surface area contributed by atoms with E-state index in [4.69, 9.17) is 9.47 Å². The van der Waals surface area contributed by atoms with Gasteiger partial charge in [0.1, 0.15) is 11.5 Å². The van der Waals surface area contributed by atoms with Crippen molar-refractivity contribution in [1.82, 2.24) is 0 Å². The van der Waals surface area contributed by atoms with Gasteiger partial charge in [0.05, 0.1) is 12.2 Å². The van der Waals surface area contributed by atoms with Crippen LogP contribution in [0.5, 0.6) is 11.5 Å². The Bertz CT molecular complexity index is 818. The second kappa shape index (κ2) is 11.9. The first-order valence-corrected chi connectivity index (χ1v) is 14.2. The van der Waals surface area contributed by atoms with Crippen LogP contribution < -0.4 is 9.47 Å². The summed E-state index contributed by atoms with van der Waals surface area (Å²) < 4.78 is 12.3. The van der Waals surface area contributed by atoms with Gasteiger partial charge in [0, 0.05) is 18.6 Å². The molecule has 1 N–H and O–H groups in total. The number of rotatable bonds is 10. The third kappa shape index (κ3) is 5.98. The third-order valence-electron chi connectivity index (χ3n) is 8.72. The number of esters is 1. The number of fused-ring (bicyclic) bond motifs is 6. The van der Waals surface area contributed by atoms with E-state index in [0.29, 0.717) is 23.5 Å². The second-order valence-electron chi connectivity index (χ2n) is 11.3. The summed E-state index contributed by atoms with van der Waals surface area (Å²) in [5.41, 5.74) is 2.53. The number of aliphatic hydroxyl groups excluding tert-OH is 1. The van der Waals surface area contributed by atoms with Gasteiger partial charge in [0.15, 0.2) is 0 Å². The van der Waals surface area contributed by atoms with Crippen molar-refractivity contribution in [2.75, 3.05) is 0 Å². The average molecular weight is 471 g/mol. The summed E-state index contributed by atoms with van der Waals surface area (Å²) >= 11 is 0. The van der Waals surface area contributed by atoms with Gasteiger partial charge in [-0.05, 0) is 87.2 Å². The molecule has 6 unspecified atom stereocenters. The number of carbonyl (C=O) groups is 1. The number of aliphatic hydroxyl groups is 1. The van der Waals surface area contributed by atoms with Crippen molar-refractivity contribution in [1.29, 1.82) is 0 Å². The Labute approximate surface area is 206 Å². The zero-order valence-corrected chi connectivity index (χ0v) is 21.7. The van der Waals surface area contributed by atoms with Gasteiger partial charge in [-0.25, -0.2) is 0 Å². The molecule has 0 radical (unpaired) electrons. The lowest BCUT2D eigenvalue weighted by Crippen LogP contribution is -2.40. The molecule has 0 bridgehead atoms. The molecule has 0 aliphatic heterocycles. The van der Waals surface area contributed by atoms with E-state index in [-0.39, 0.29) is 24.1 Å². The average Bonchev–Trinajstić information content (AvgIpc) is 2.80. The van der Waals surface area contributed by atoms with E-state index in [2.05, 4.69) is 19.9 Å². The van der Waals surface area contributed by atoms with Crippen molar-refractivity contribution in [2.45, 2.75) is 135 Å². The van der Waals surface area contributed by atoms with Crippen molar-refractivity contribution in [3.8, 4) is 11.5 Å². The highest BCUT2D eigenvalue weighted by Gasteiger charge is 2.47. The lowest BCUT2D eigenvalue weighted by molar-refractivity contribution is -0.132. The largest absolute Gasteiger partial charge is 0.491 e. The van der Waals surface area contributed by atoms with E-state index in [1.165, 1.54) is 82.3 Å². The van der Waals surface area contributed by atoms with Crippen LogP contribution in [-0.4, -0.2) is 23.3 Å². The first-order chi connectivity index (χ1) is 16.5. The fraction of sp³-hybridized carbons (Fsp3) is 0.767. The van der Waals surface area contributed by atoms with Crippen LogP contribution >= 0.6 is 0 Å². The fourth-order valence-corrected chi connectivity index (χ4v) is 7.21. The topological polar surface area (TPSA) is 55.8 Å². The lowest BCUT2D eigenvalue weighted by Gasteiger charge is -2.50. The van der Waals surface area contributed by atoms with Gasteiger partial charge in [-0.15, -0.1) is 0 Å². The molecular formula is C30H46O4. The molecule has 6 atom stereocenters. The van der Waals surface area contributed by atoms with E-state index >= 15 is 0 Å². The first kappa shape index (κ1) is 25.5. The molecule has 1 aromatic rings. The van der Waals surface area contributed by atoms with Crippen molar-refractivity contribution in [2.24, 2.45) is 11.8 Å². The molecule has 190 valence electrons. The highest BCUT2D eigenvalue weighted by molar-refractivity contribution is 5.71. The molecule has 4 nitrogen and oxygen atoms in total. The van der Waals surface area contributed by atoms with Crippen molar-refractivity contribution in [3.05, 3.63) is 23.3 Å². The van der Waals surface area contributed by atoms with Gasteiger partial charge in [-0.1, -0.05) is 51.9 Å². The van der Waals surface area contributed by atoms with E-state index in [9.17, 15) is 9.90 Å². The Hall–Kier alpha value is -1.55. The van der Waals surface area contributed by atoms with Gasteiger partial charge < -0.3 is 14.6 Å². The molecule has 2 saturated carbocycles. The predicted molar refractivity (Wildman–Crippen MR) is 137 cm³/mol. The molecule has 0 saturated heterocycles. The van der Waals surface area contributed by atoms with Crippen LogP contribution in [0.25, 0.3) is 0 Å². The van der Waals surface area contributed by atoms with E-state index in [0.717, 1.165) is 31.4 Å². The standard InChI is InChI=1S/C30H46O4/c1-4-5-6-7-8-9-12-20(2)33-23-18-28-25-14-11-10-13-24(25)26-16-15-22(32)17-27(26)30(28)29(19-23)34-21(3)31/h18-20,22,24-27,32H,4-17H2,1-3H3. The molecule has 3 aliphatic carbocycles. The minimum atomic E-state index is -0.279. The molecule has 0 spiro atoms. The molecule has 0 heterocycles. The van der Waals surface area contributed by atoms with E-state index in [1.54, 1.807) is 0 Å². The maximum absolute atomic E-state index is 12.1. The normalized spacial score (nSPS) is 28.9. The Morgan fingerprint density at radius 3 is 2.53 bits per heavy atom. The zero-order chi connectivity index (χ0) is 24.1. The Balaban J connectivity index is 1.57. The Morgan fingerprint density at radius 2 is 1.74 bits per heavy atom. The van der Waals surface area contributed by atoms with Crippen LogP contribution in [0.3, 0.4) is 0 Å². The van der Waals surface area contributed by atoms with Crippen LogP contribution in [0.1, 0.15) is 134 Å². The maximum Gasteiger partial charge on any atom is 0.308 e. The first-order valence-electron chi connectivity index (χ1n) is 14.2. The number of hydrogen-bond donors (Lipinski definition) is 1. The summed E-state index contributed by atoms with van der Waals surface area (Å²) in [6.45, 7) is 5.90. The molecule has 34 heavy (non-hydrogen) atoms. The number of benzene rings is 1.